The van der Waals surface area contributed by atoms with Crippen LogP contribution in [-0.4, -0.2) is 56.3 Å². The third-order valence-corrected chi connectivity index (χ3v) is 6.66. The zero-order valence-electron chi connectivity index (χ0n) is 15.7. The second-order valence-electron chi connectivity index (χ2n) is 6.49. The fraction of sp³-hybridized carbons (Fsp3) is 0.350. The van der Waals surface area contributed by atoms with Crippen LogP contribution < -0.4 is 4.74 Å². The number of carbonyl (C=O) groups is 1. The van der Waals surface area contributed by atoms with E-state index in [-0.39, 0.29) is 43.6 Å². The number of amides is 1. The lowest BCUT2D eigenvalue weighted by molar-refractivity contribution is -0.134. The van der Waals surface area contributed by atoms with E-state index in [1.807, 2.05) is 31.2 Å². The molecule has 0 radical (unpaired) electrons. The summed E-state index contributed by atoms with van der Waals surface area (Å²) in [6, 6.07) is 12.3. The maximum Gasteiger partial charge on any atom is 0.260 e. The number of benzene rings is 2. The van der Waals surface area contributed by atoms with E-state index in [0.29, 0.717) is 5.75 Å². The number of carbonyl (C=O) groups excluding carboxylic acids is 1. The van der Waals surface area contributed by atoms with Gasteiger partial charge in [-0.15, -0.1) is 0 Å². The van der Waals surface area contributed by atoms with Gasteiger partial charge in [0.1, 0.15) is 11.6 Å². The van der Waals surface area contributed by atoms with Crippen molar-refractivity contribution in [1.29, 1.82) is 0 Å². The van der Waals surface area contributed by atoms with Crippen molar-refractivity contribution in [1.82, 2.24) is 9.21 Å². The molecule has 28 heavy (non-hydrogen) atoms. The fourth-order valence-electron chi connectivity index (χ4n) is 3.10. The summed E-state index contributed by atoms with van der Waals surface area (Å²) in [4.78, 5) is 14.1. The van der Waals surface area contributed by atoms with Crippen LogP contribution in [-0.2, 0) is 21.2 Å². The van der Waals surface area contributed by atoms with Crippen LogP contribution in [0.15, 0.2) is 53.4 Å². The second kappa shape index (κ2) is 8.70. The number of sulfonamides is 1. The Morgan fingerprint density at radius 3 is 2.32 bits per heavy atom. The minimum absolute atomic E-state index is 0.0492. The Labute approximate surface area is 164 Å². The highest BCUT2D eigenvalue weighted by molar-refractivity contribution is 7.89. The minimum atomic E-state index is -3.69. The molecule has 1 fully saturated rings. The maximum absolute atomic E-state index is 13.0. The lowest BCUT2D eigenvalue weighted by Gasteiger charge is -2.34. The molecule has 2 aromatic carbocycles. The largest absolute Gasteiger partial charge is 0.483 e. The van der Waals surface area contributed by atoms with Crippen molar-refractivity contribution in [2.24, 2.45) is 0 Å². The number of piperazine rings is 1. The predicted molar refractivity (Wildman–Crippen MR) is 103 cm³/mol. The van der Waals surface area contributed by atoms with Gasteiger partial charge in [-0.05, 0) is 42.3 Å². The zero-order valence-corrected chi connectivity index (χ0v) is 16.5. The van der Waals surface area contributed by atoms with Crippen LogP contribution in [0.5, 0.6) is 5.75 Å². The third kappa shape index (κ3) is 4.51. The molecule has 8 heteroatoms. The van der Waals surface area contributed by atoms with E-state index in [2.05, 4.69) is 0 Å². The Morgan fingerprint density at radius 2 is 1.68 bits per heavy atom. The molecule has 0 aliphatic carbocycles. The average molecular weight is 406 g/mol. The highest BCUT2D eigenvalue weighted by atomic mass is 32.2. The van der Waals surface area contributed by atoms with Gasteiger partial charge in [-0.25, -0.2) is 12.8 Å². The lowest BCUT2D eigenvalue weighted by atomic mass is 10.1. The number of para-hydroxylation sites is 1. The van der Waals surface area contributed by atoms with Crippen molar-refractivity contribution in [2.45, 2.75) is 18.2 Å². The monoisotopic (exact) mass is 406 g/mol. The van der Waals surface area contributed by atoms with Gasteiger partial charge in [-0.2, -0.15) is 4.31 Å². The minimum Gasteiger partial charge on any atom is -0.483 e. The molecule has 1 heterocycles. The highest BCUT2D eigenvalue weighted by Crippen LogP contribution is 2.20. The van der Waals surface area contributed by atoms with Gasteiger partial charge >= 0.3 is 0 Å². The smallest absolute Gasteiger partial charge is 0.260 e. The Morgan fingerprint density at radius 1 is 1.04 bits per heavy atom. The SMILES string of the molecule is CCc1ccccc1OCC(=O)N1CCN(S(=O)(=O)c2ccc(F)cc2)CC1. The highest BCUT2D eigenvalue weighted by Gasteiger charge is 2.30. The summed E-state index contributed by atoms with van der Waals surface area (Å²) in [5.74, 6) is 0.0274. The molecule has 3 rings (SSSR count). The number of aryl methyl sites for hydroxylation is 1. The Hall–Kier alpha value is -2.45. The van der Waals surface area contributed by atoms with Crippen LogP contribution in [0, 0.1) is 5.82 Å². The van der Waals surface area contributed by atoms with Crippen LogP contribution in [0.3, 0.4) is 0 Å². The van der Waals surface area contributed by atoms with Gasteiger partial charge in [0.2, 0.25) is 10.0 Å². The predicted octanol–water partition coefficient (Wildman–Crippen LogP) is 2.30. The van der Waals surface area contributed by atoms with E-state index in [0.717, 1.165) is 24.1 Å². The summed E-state index contributed by atoms with van der Waals surface area (Å²) < 4.78 is 45.3. The molecule has 1 amide bonds. The summed E-state index contributed by atoms with van der Waals surface area (Å²) in [5.41, 5.74) is 1.03. The summed E-state index contributed by atoms with van der Waals surface area (Å²) in [6.07, 6.45) is 0.810. The van der Waals surface area contributed by atoms with Crippen molar-refractivity contribution in [2.75, 3.05) is 32.8 Å². The molecule has 1 saturated heterocycles. The van der Waals surface area contributed by atoms with E-state index in [1.54, 1.807) is 4.90 Å². The molecule has 0 N–H and O–H groups in total. The summed E-state index contributed by atoms with van der Waals surface area (Å²) in [5, 5.41) is 0. The molecule has 0 saturated carbocycles. The molecule has 2 aromatic rings. The van der Waals surface area contributed by atoms with Crippen molar-refractivity contribution < 1.29 is 22.3 Å². The molecule has 0 aromatic heterocycles. The first kappa shape index (κ1) is 20.3. The number of rotatable bonds is 6. The van der Waals surface area contributed by atoms with Crippen LogP contribution in [0.4, 0.5) is 4.39 Å². The Kier molecular flexibility index (Phi) is 6.31. The van der Waals surface area contributed by atoms with Gasteiger partial charge in [0.25, 0.3) is 5.91 Å². The van der Waals surface area contributed by atoms with E-state index < -0.39 is 15.8 Å². The average Bonchev–Trinajstić information content (AvgIpc) is 2.72. The second-order valence-corrected chi connectivity index (χ2v) is 8.43. The summed E-state index contributed by atoms with van der Waals surface area (Å²) in [6.45, 7) is 2.90. The summed E-state index contributed by atoms with van der Waals surface area (Å²) >= 11 is 0. The number of halogens is 1. The fourth-order valence-corrected chi connectivity index (χ4v) is 4.52. The number of hydrogen-bond acceptors (Lipinski definition) is 4. The molecule has 0 bridgehead atoms. The van der Waals surface area contributed by atoms with E-state index in [9.17, 15) is 17.6 Å². The van der Waals surface area contributed by atoms with E-state index in [4.69, 9.17) is 4.74 Å². The number of hydrogen-bond donors (Lipinski definition) is 0. The molecule has 0 atom stereocenters. The Balaban J connectivity index is 1.56. The molecule has 1 aliphatic heterocycles. The lowest BCUT2D eigenvalue weighted by Crippen LogP contribution is -2.51. The molecule has 6 nitrogen and oxygen atoms in total. The molecular formula is C20H23FN2O4S. The molecule has 0 unspecified atom stereocenters. The van der Waals surface area contributed by atoms with Gasteiger partial charge in [-0.1, -0.05) is 25.1 Å². The first-order chi connectivity index (χ1) is 13.4. The zero-order chi connectivity index (χ0) is 20.1. The van der Waals surface area contributed by atoms with E-state index in [1.165, 1.54) is 16.4 Å². The van der Waals surface area contributed by atoms with Crippen LogP contribution in [0.2, 0.25) is 0 Å². The van der Waals surface area contributed by atoms with Crippen LogP contribution >= 0.6 is 0 Å². The van der Waals surface area contributed by atoms with Gasteiger partial charge in [0, 0.05) is 26.2 Å². The molecule has 0 spiro atoms. The van der Waals surface area contributed by atoms with Gasteiger partial charge < -0.3 is 9.64 Å². The number of ether oxygens (including phenoxy) is 1. The van der Waals surface area contributed by atoms with Gasteiger partial charge in [-0.3, -0.25) is 4.79 Å². The molecular weight excluding hydrogens is 383 g/mol. The third-order valence-electron chi connectivity index (χ3n) is 4.75. The van der Waals surface area contributed by atoms with Crippen molar-refractivity contribution >= 4 is 15.9 Å². The number of nitrogens with zero attached hydrogens (tertiary/aromatic N) is 2. The van der Waals surface area contributed by atoms with E-state index >= 15 is 0 Å². The van der Waals surface area contributed by atoms with Crippen molar-refractivity contribution in [3.05, 3.63) is 59.9 Å². The van der Waals surface area contributed by atoms with Crippen LogP contribution in [0.1, 0.15) is 12.5 Å². The maximum atomic E-state index is 13.0. The quantitative estimate of drug-likeness (QED) is 0.738. The van der Waals surface area contributed by atoms with Gasteiger partial charge in [0.05, 0.1) is 4.90 Å². The van der Waals surface area contributed by atoms with Crippen molar-refractivity contribution in [3.8, 4) is 5.75 Å². The first-order valence-corrected chi connectivity index (χ1v) is 10.6. The van der Waals surface area contributed by atoms with Crippen LogP contribution in [0.25, 0.3) is 0 Å². The normalized spacial score (nSPS) is 15.4. The Bertz CT molecular complexity index is 923. The first-order valence-electron chi connectivity index (χ1n) is 9.16. The van der Waals surface area contributed by atoms with Crippen molar-refractivity contribution in [3.63, 3.8) is 0 Å². The topological polar surface area (TPSA) is 66.9 Å². The standard InChI is InChI=1S/C20H23FN2O4S/c1-2-16-5-3-4-6-19(16)27-15-20(24)22-11-13-23(14-12-22)28(25,26)18-9-7-17(21)8-10-18/h3-10H,2,11-15H2,1H3. The van der Waals surface area contributed by atoms with Gasteiger partial charge in [0.15, 0.2) is 6.61 Å². The molecule has 150 valence electrons. The summed E-state index contributed by atoms with van der Waals surface area (Å²) in [7, 11) is -3.69. The molecule has 1 aliphatic rings.